The van der Waals surface area contributed by atoms with E-state index in [0.29, 0.717) is 31.2 Å². The average Bonchev–Trinajstić information content (AvgIpc) is 3.40. The van der Waals surface area contributed by atoms with Gasteiger partial charge in [-0.3, -0.25) is 4.79 Å². The van der Waals surface area contributed by atoms with Gasteiger partial charge in [-0.1, -0.05) is 81.5 Å². The molecule has 9 heteroatoms. The zero-order chi connectivity index (χ0) is 28.7. The number of hydrogen-bond acceptors (Lipinski definition) is 4. The summed E-state index contributed by atoms with van der Waals surface area (Å²) in [4.78, 5) is 16.6. The van der Waals surface area contributed by atoms with Gasteiger partial charge in [0.25, 0.3) is 5.91 Å². The molecule has 0 bridgehead atoms. The molecule has 41 heavy (non-hydrogen) atoms. The second kappa shape index (κ2) is 14.1. The Morgan fingerprint density at radius 3 is 2.39 bits per heavy atom. The fraction of sp³-hybridized carbons (Fsp3) is 0.656. The van der Waals surface area contributed by atoms with E-state index in [1.165, 1.54) is 69.0 Å². The van der Waals surface area contributed by atoms with Gasteiger partial charge in [0.15, 0.2) is 0 Å². The van der Waals surface area contributed by atoms with Crippen molar-refractivity contribution in [3.05, 3.63) is 52.3 Å². The lowest BCUT2D eigenvalue weighted by Gasteiger charge is -2.39. The van der Waals surface area contributed by atoms with Crippen molar-refractivity contribution in [2.24, 2.45) is 5.92 Å². The number of piperidine rings is 1. The first-order chi connectivity index (χ1) is 19.9. The van der Waals surface area contributed by atoms with Gasteiger partial charge in [0.05, 0.1) is 5.02 Å². The van der Waals surface area contributed by atoms with Crippen LogP contribution in [0.2, 0.25) is 5.02 Å². The first-order valence-electron chi connectivity index (χ1n) is 15.8. The molecule has 226 valence electrons. The Kier molecular flexibility index (Phi) is 10.5. The summed E-state index contributed by atoms with van der Waals surface area (Å²) in [6.07, 6.45) is 17.5. The van der Waals surface area contributed by atoms with Crippen molar-refractivity contribution < 1.29 is 13.2 Å². The number of unbranched alkanes of at least 4 members (excludes halogenated alkanes) is 1. The summed E-state index contributed by atoms with van der Waals surface area (Å²) in [6.45, 7) is 2.56. The van der Waals surface area contributed by atoms with E-state index in [4.69, 9.17) is 11.6 Å². The van der Waals surface area contributed by atoms with Crippen LogP contribution in [0.25, 0.3) is 0 Å². The third kappa shape index (κ3) is 7.75. The smallest absolute Gasteiger partial charge is 0.267 e. The van der Waals surface area contributed by atoms with E-state index in [2.05, 4.69) is 15.6 Å². The lowest BCUT2D eigenvalue weighted by Crippen LogP contribution is -2.49. The normalized spacial score (nSPS) is 20.9. The van der Waals surface area contributed by atoms with Gasteiger partial charge < -0.3 is 15.6 Å². The molecule has 2 fully saturated rings. The monoisotopic (exact) mass is 602 g/mol. The summed E-state index contributed by atoms with van der Waals surface area (Å²) in [5.41, 5.74) is 3.34. The molecular weight excluding hydrogens is 556 g/mol. The Morgan fingerprint density at radius 1 is 1.00 bits per heavy atom. The van der Waals surface area contributed by atoms with E-state index < -0.39 is 10.0 Å². The molecule has 2 aliphatic heterocycles. The number of sulfonamides is 1. The first-order valence-corrected chi connectivity index (χ1v) is 17.7. The Morgan fingerprint density at radius 2 is 1.68 bits per heavy atom. The predicted molar refractivity (Wildman–Crippen MR) is 165 cm³/mol. The van der Waals surface area contributed by atoms with Crippen LogP contribution in [0.5, 0.6) is 0 Å². The summed E-state index contributed by atoms with van der Waals surface area (Å²) in [5.74, 6) is 0.498. The van der Waals surface area contributed by atoms with Gasteiger partial charge in [0.1, 0.15) is 10.6 Å². The van der Waals surface area contributed by atoms with Gasteiger partial charge in [-0.15, -0.1) is 0 Å². The van der Waals surface area contributed by atoms with Crippen molar-refractivity contribution in [3.63, 3.8) is 0 Å². The highest BCUT2D eigenvalue weighted by atomic mass is 35.5. The number of carbonyl (C=O) groups is 1. The van der Waals surface area contributed by atoms with Crippen molar-refractivity contribution in [1.82, 2.24) is 19.9 Å². The number of halogens is 1. The minimum atomic E-state index is -3.55. The zero-order valence-electron chi connectivity index (χ0n) is 24.4. The van der Waals surface area contributed by atoms with Crippen LogP contribution in [0.3, 0.4) is 0 Å². The number of benzene rings is 1. The molecule has 1 spiro atoms. The minimum absolute atomic E-state index is 0.0162. The SMILES string of the molecule is O=C(NCCCCC1CCN(S(=O)(=O)c2ccccc2Cl)CC1)c1cc2c([nH]1)CC1(CCCCCCCCC1)NC2. The molecule has 1 saturated heterocycles. The van der Waals surface area contributed by atoms with Crippen LogP contribution in [0.1, 0.15) is 112 Å². The van der Waals surface area contributed by atoms with Crippen LogP contribution in [0, 0.1) is 5.92 Å². The number of amides is 1. The van der Waals surface area contributed by atoms with Crippen molar-refractivity contribution in [1.29, 1.82) is 0 Å². The number of H-pyrrole nitrogens is 1. The number of nitrogens with one attached hydrogen (secondary N) is 3. The Labute approximate surface area is 251 Å². The third-order valence-corrected chi connectivity index (χ3v) is 12.0. The fourth-order valence-electron chi connectivity index (χ4n) is 7.04. The van der Waals surface area contributed by atoms with Crippen LogP contribution in [-0.4, -0.2) is 48.8 Å². The second-order valence-electron chi connectivity index (χ2n) is 12.5. The maximum absolute atomic E-state index is 13.0. The number of carbonyl (C=O) groups excluding carboxylic acids is 1. The highest BCUT2D eigenvalue weighted by molar-refractivity contribution is 7.89. The summed E-state index contributed by atoms with van der Waals surface area (Å²) in [7, 11) is -3.55. The largest absolute Gasteiger partial charge is 0.354 e. The molecule has 3 heterocycles. The van der Waals surface area contributed by atoms with E-state index in [-0.39, 0.29) is 21.4 Å². The third-order valence-electron chi connectivity index (χ3n) is 9.57. The number of aromatic amines is 1. The first kappa shape index (κ1) is 30.6. The highest BCUT2D eigenvalue weighted by Crippen LogP contribution is 2.34. The molecule has 0 radical (unpaired) electrons. The van der Waals surface area contributed by atoms with Crippen LogP contribution in [0.15, 0.2) is 35.2 Å². The summed E-state index contributed by atoms with van der Waals surface area (Å²) < 4.78 is 27.5. The maximum Gasteiger partial charge on any atom is 0.267 e. The van der Waals surface area contributed by atoms with E-state index in [1.54, 1.807) is 28.6 Å². The zero-order valence-corrected chi connectivity index (χ0v) is 25.9. The van der Waals surface area contributed by atoms with Gasteiger partial charge in [-0.25, -0.2) is 8.42 Å². The molecule has 1 saturated carbocycles. The number of rotatable bonds is 8. The van der Waals surface area contributed by atoms with Gasteiger partial charge in [0, 0.05) is 43.8 Å². The summed E-state index contributed by atoms with van der Waals surface area (Å²) in [6, 6.07) is 8.69. The quantitative estimate of drug-likeness (QED) is 0.298. The van der Waals surface area contributed by atoms with Crippen molar-refractivity contribution in [2.75, 3.05) is 19.6 Å². The number of fused-ring (bicyclic) bond motifs is 1. The predicted octanol–water partition coefficient (Wildman–Crippen LogP) is 6.58. The van der Waals surface area contributed by atoms with E-state index >= 15 is 0 Å². The maximum atomic E-state index is 13.0. The number of nitrogens with zero attached hydrogens (tertiary/aromatic N) is 1. The van der Waals surface area contributed by atoms with Crippen molar-refractivity contribution in [2.45, 2.75) is 113 Å². The molecule has 3 N–H and O–H groups in total. The van der Waals surface area contributed by atoms with Gasteiger partial charge >= 0.3 is 0 Å². The Hall–Kier alpha value is -1.87. The molecule has 1 aromatic heterocycles. The molecule has 3 aliphatic rings. The van der Waals surface area contributed by atoms with Gasteiger partial charge in [-0.05, 0) is 61.8 Å². The Bertz CT molecular complexity index is 1260. The van der Waals surface area contributed by atoms with Crippen LogP contribution in [0.4, 0.5) is 0 Å². The fourth-order valence-corrected chi connectivity index (χ4v) is 9.00. The van der Waals surface area contributed by atoms with Gasteiger partial charge in [-0.2, -0.15) is 4.31 Å². The average molecular weight is 603 g/mol. The Balaban J connectivity index is 1.02. The van der Waals surface area contributed by atoms with Crippen LogP contribution >= 0.6 is 11.6 Å². The van der Waals surface area contributed by atoms with Crippen LogP contribution < -0.4 is 10.6 Å². The lowest BCUT2D eigenvalue weighted by molar-refractivity contribution is 0.0948. The van der Waals surface area contributed by atoms with E-state index in [9.17, 15) is 13.2 Å². The summed E-state index contributed by atoms with van der Waals surface area (Å²) in [5, 5.41) is 7.26. The van der Waals surface area contributed by atoms with Crippen LogP contribution in [-0.2, 0) is 23.0 Å². The molecule has 1 aliphatic carbocycles. The molecule has 2 aromatic rings. The minimum Gasteiger partial charge on any atom is -0.354 e. The standard InChI is InChI=1S/C32H47ClN4O3S/c33-27-13-6-7-14-30(27)41(39,40)37-20-15-25(16-21-37)12-8-11-19-34-31(38)28-22-26-24-35-32(23-29(26)36-28)17-9-4-2-1-3-5-10-18-32/h6-7,13-14,22,25,35-36H,1-5,8-12,15-21,23-24H2,(H,34,38). The molecule has 0 unspecified atom stereocenters. The van der Waals surface area contributed by atoms with Gasteiger partial charge in [0.2, 0.25) is 10.0 Å². The number of hydrogen-bond donors (Lipinski definition) is 3. The van der Waals surface area contributed by atoms with Crippen molar-refractivity contribution >= 4 is 27.5 Å². The second-order valence-corrected chi connectivity index (χ2v) is 14.8. The molecule has 1 amide bonds. The van der Waals surface area contributed by atoms with E-state index in [0.717, 1.165) is 45.1 Å². The van der Waals surface area contributed by atoms with Crippen molar-refractivity contribution in [3.8, 4) is 0 Å². The topological polar surface area (TPSA) is 94.3 Å². The lowest BCUT2D eigenvalue weighted by atomic mass is 9.79. The highest BCUT2D eigenvalue weighted by Gasteiger charge is 2.35. The number of aromatic nitrogens is 1. The molecule has 0 atom stereocenters. The van der Waals surface area contributed by atoms with E-state index in [1.807, 2.05) is 6.07 Å². The molecular formula is C32H47ClN4O3S. The molecule has 7 nitrogen and oxygen atoms in total. The molecule has 1 aromatic carbocycles. The summed E-state index contributed by atoms with van der Waals surface area (Å²) >= 11 is 6.15. The molecule has 5 rings (SSSR count).